The number of fused-ring (bicyclic) bond motifs is 2. The average molecular weight is 533 g/mol. The van der Waals surface area contributed by atoms with Crippen molar-refractivity contribution in [3.8, 4) is 0 Å². The summed E-state index contributed by atoms with van der Waals surface area (Å²) in [5.41, 5.74) is 2.91. The van der Waals surface area contributed by atoms with Crippen molar-refractivity contribution in [2.75, 3.05) is 38.0 Å². The second-order valence-electron chi connectivity index (χ2n) is 9.62. The predicted molar refractivity (Wildman–Crippen MR) is 148 cm³/mol. The molecule has 206 valence electrons. The maximum Gasteiger partial charge on any atom is 0.270 e. The van der Waals surface area contributed by atoms with E-state index in [1.165, 1.54) is 0 Å². The van der Waals surface area contributed by atoms with Crippen LogP contribution in [-0.4, -0.2) is 76.2 Å². The third-order valence-electron chi connectivity index (χ3n) is 6.44. The molecule has 39 heavy (non-hydrogen) atoms. The van der Waals surface area contributed by atoms with Crippen LogP contribution in [0, 0.1) is 0 Å². The van der Waals surface area contributed by atoms with Gasteiger partial charge in [-0.15, -0.1) is 0 Å². The molecule has 0 saturated carbocycles. The highest BCUT2D eigenvalue weighted by molar-refractivity contribution is 5.96. The van der Waals surface area contributed by atoms with Crippen molar-refractivity contribution >= 4 is 23.4 Å². The van der Waals surface area contributed by atoms with Crippen molar-refractivity contribution in [3.63, 3.8) is 0 Å². The molecule has 2 aromatic heterocycles. The van der Waals surface area contributed by atoms with E-state index in [1.54, 1.807) is 23.0 Å². The van der Waals surface area contributed by atoms with Gasteiger partial charge in [0.15, 0.2) is 0 Å². The first kappa shape index (κ1) is 27.8. The van der Waals surface area contributed by atoms with E-state index in [0.717, 1.165) is 11.1 Å². The van der Waals surface area contributed by atoms with Crippen molar-refractivity contribution in [3.05, 3.63) is 77.9 Å². The molecule has 0 spiro atoms. The number of nitrogens with zero attached hydrogens (tertiary/aromatic N) is 4. The molecule has 3 amide bonds. The number of hydrogen-bond donors (Lipinski definition) is 4. The monoisotopic (exact) mass is 532 g/mol. The summed E-state index contributed by atoms with van der Waals surface area (Å²) in [5, 5.41) is 16.3. The van der Waals surface area contributed by atoms with Gasteiger partial charge in [0, 0.05) is 76.3 Å². The van der Waals surface area contributed by atoms with Gasteiger partial charge in [-0.05, 0) is 30.7 Å². The molecule has 11 heteroatoms. The fourth-order valence-electron chi connectivity index (χ4n) is 4.46. The van der Waals surface area contributed by atoms with Gasteiger partial charge in [-0.3, -0.25) is 28.9 Å². The number of amides is 3. The van der Waals surface area contributed by atoms with Gasteiger partial charge in [0.1, 0.15) is 11.7 Å². The fourth-order valence-corrected chi connectivity index (χ4v) is 4.46. The quantitative estimate of drug-likeness (QED) is 0.395. The third-order valence-corrected chi connectivity index (χ3v) is 6.44. The van der Waals surface area contributed by atoms with Crippen LogP contribution in [0.25, 0.3) is 0 Å². The van der Waals surface area contributed by atoms with E-state index in [9.17, 15) is 14.4 Å². The fraction of sp³-hybridized carbons (Fsp3) is 0.393. The number of aryl methyl sites for hydroxylation is 1. The number of carbonyl (C=O) groups is 3. The zero-order valence-electron chi connectivity index (χ0n) is 22.2. The Morgan fingerprint density at radius 2 is 1.77 bits per heavy atom. The summed E-state index contributed by atoms with van der Waals surface area (Å²) in [6, 6.07) is 12.2. The second-order valence-corrected chi connectivity index (χ2v) is 9.62. The van der Waals surface area contributed by atoms with E-state index in [4.69, 9.17) is 0 Å². The van der Waals surface area contributed by atoms with Crippen LogP contribution in [0.4, 0.5) is 5.69 Å². The number of hydrogen-bond acceptors (Lipinski definition) is 7. The standard InChI is InChI=1S/C28H36N8O3/c1-35-19-22(18-33-35)20-36-14-5-8-26(37)31-12-11-29-23-9-10-30-24(17-23)28(39)34-25(27(38)32-13-15-36)16-21-6-3-2-4-7-21/h2-4,6-7,9-10,17-19,25,29H,5,8,11-16,20H2,1H3,(H,31,37)(H,32,38)(H,34,39)/t25-/m0/s1. The van der Waals surface area contributed by atoms with Gasteiger partial charge in [-0.2, -0.15) is 5.10 Å². The first-order valence-corrected chi connectivity index (χ1v) is 13.3. The lowest BCUT2D eigenvalue weighted by Gasteiger charge is -2.23. The lowest BCUT2D eigenvalue weighted by Crippen LogP contribution is -2.49. The molecule has 1 atom stereocenters. The smallest absolute Gasteiger partial charge is 0.270 e. The number of carbonyl (C=O) groups excluding carboxylic acids is 3. The summed E-state index contributed by atoms with van der Waals surface area (Å²) in [6.07, 6.45) is 6.77. The maximum absolute atomic E-state index is 13.3. The minimum Gasteiger partial charge on any atom is -0.383 e. The largest absolute Gasteiger partial charge is 0.383 e. The molecular weight excluding hydrogens is 496 g/mol. The van der Waals surface area contributed by atoms with Crippen LogP contribution in [0.2, 0.25) is 0 Å². The van der Waals surface area contributed by atoms with Crippen molar-refractivity contribution in [2.24, 2.45) is 7.05 Å². The Morgan fingerprint density at radius 3 is 2.56 bits per heavy atom. The molecule has 4 rings (SSSR count). The summed E-state index contributed by atoms with van der Waals surface area (Å²) in [6.45, 7) is 3.29. The molecule has 0 aliphatic carbocycles. The summed E-state index contributed by atoms with van der Waals surface area (Å²) in [4.78, 5) is 45.1. The number of pyridine rings is 1. The molecule has 4 N–H and O–H groups in total. The van der Waals surface area contributed by atoms with Gasteiger partial charge in [0.05, 0.1) is 6.20 Å². The molecule has 0 unspecified atom stereocenters. The number of aromatic nitrogens is 3. The van der Waals surface area contributed by atoms with Crippen LogP contribution in [0.15, 0.2) is 61.1 Å². The molecular formula is C28H36N8O3. The minimum absolute atomic E-state index is 0.0112. The molecule has 3 heterocycles. The maximum atomic E-state index is 13.3. The van der Waals surface area contributed by atoms with Crippen LogP contribution in [-0.2, 0) is 29.6 Å². The third kappa shape index (κ3) is 8.92. The van der Waals surface area contributed by atoms with Gasteiger partial charge >= 0.3 is 0 Å². The number of benzene rings is 1. The highest BCUT2D eigenvalue weighted by Crippen LogP contribution is 2.10. The number of anilines is 1. The Labute approximate surface area is 228 Å². The van der Waals surface area contributed by atoms with Crippen LogP contribution < -0.4 is 21.3 Å². The number of rotatable bonds is 4. The van der Waals surface area contributed by atoms with Gasteiger partial charge in [0.25, 0.3) is 5.91 Å². The van der Waals surface area contributed by atoms with Crippen molar-refractivity contribution < 1.29 is 14.4 Å². The molecule has 0 fully saturated rings. The average Bonchev–Trinajstić information content (AvgIpc) is 3.35. The summed E-state index contributed by atoms with van der Waals surface area (Å²) >= 11 is 0. The van der Waals surface area contributed by atoms with E-state index >= 15 is 0 Å². The summed E-state index contributed by atoms with van der Waals surface area (Å²) in [5.74, 6) is -0.706. The SMILES string of the molecule is Cn1cc(CN2CCCC(=O)NCCNc3ccnc(c3)C(=O)N[C@@H](Cc3ccccc3)C(=O)NCC2)cn1. The van der Waals surface area contributed by atoms with E-state index in [2.05, 4.69) is 36.2 Å². The first-order chi connectivity index (χ1) is 19.0. The molecule has 11 nitrogen and oxygen atoms in total. The van der Waals surface area contributed by atoms with Crippen LogP contribution in [0.1, 0.15) is 34.5 Å². The number of nitrogens with one attached hydrogen (secondary N) is 4. The van der Waals surface area contributed by atoms with Crippen LogP contribution in [0.3, 0.4) is 0 Å². The molecule has 0 saturated heterocycles. The highest BCUT2D eigenvalue weighted by Gasteiger charge is 2.23. The molecule has 0 radical (unpaired) electrons. The zero-order chi connectivity index (χ0) is 27.5. The van der Waals surface area contributed by atoms with Crippen molar-refractivity contribution in [2.45, 2.75) is 31.8 Å². The van der Waals surface area contributed by atoms with Gasteiger partial charge in [-0.25, -0.2) is 0 Å². The van der Waals surface area contributed by atoms with Crippen molar-refractivity contribution in [1.82, 2.24) is 35.6 Å². The molecule has 3 aromatic rings. The minimum atomic E-state index is -0.769. The van der Waals surface area contributed by atoms with Crippen molar-refractivity contribution in [1.29, 1.82) is 0 Å². The van der Waals surface area contributed by atoms with Gasteiger partial charge < -0.3 is 21.3 Å². The van der Waals surface area contributed by atoms with E-state index in [0.29, 0.717) is 64.2 Å². The topological polar surface area (TPSA) is 133 Å². The Hall–Kier alpha value is -4.25. The second kappa shape index (κ2) is 14.1. The molecule has 1 aliphatic rings. The van der Waals surface area contributed by atoms with E-state index in [1.807, 2.05) is 49.8 Å². The predicted octanol–water partition coefficient (Wildman–Crippen LogP) is 1.10. The van der Waals surface area contributed by atoms with E-state index in [-0.39, 0.29) is 17.5 Å². The Kier molecular flexibility index (Phi) is 10.0. The Balaban J connectivity index is 1.50. The Bertz CT molecular complexity index is 1250. The van der Waals surface area contributed by atoms with Crippen LogP contribution in [0.5, 0.6) is 0 Å². The highest BCUT2D eigenvalue weighted by atomic mass is 16.2. The van der Waals surface area contributed by atoms with Crippen LogP contribution >= 0.6 is 0 Å². The summed E-state index contributed by atoms with van der Waals surface area (Å²) in [7, 11) is 1.87. The Morgan fingerprint density at radius 1 is 0.949 bits per heavy atom. The van der Waals surface area contributed by atoms with Gasteiger partial charge in [0.2, 0.25) is 11.8 Å². The molecule has 1 aromatic carbocycles. The van der Waals surface area contributed by atoms with Gasteiger partial charge in [-0.1, -0.05) is 30.3 Å². The molecule has 1 aliphatic heterocycles. The zero-order valence-corrected chi connectivity index (χ0v) is 22.2. The lowest BCUT2D eigenvalue weighted by atomic mass is 10.0. The molecule has 2 bridgehead atoms. The normalized spacial score (nSPS) is 18.5. The lowest BCUT2D eigenvalue weighted by molar-refractivity contribution is -0.123. The summed E-state index contributed by atoms with van der Waals surface area (Å²) < 4.78 is 1.75. The van der Waals surface area contributed by atoms with E-state index < -0.39 is 11.9 Å². The first-order valence-electron chi connectivity index (χ1n) is 13.3.